The largest absolute Gasteiger partial charge is 0.481 e. The van der Waals surface area contributed by atoms with Crippen LogP contribution < -0.4 is 0 Å². The summed E-state index contributed by atoms with van der Waals surface area (Å²) < 4.78 is 6.06. The Morgan fingerprint density at radius 3 is 1.87 bits per heavy atom. The zero-order valence-corrected chi connectivity index (χ0v) is 10.2. The van der Waals surface area contributed by atoms with Crippen LogP contribution in [0.1, 0.15) is 53.4 Å². The highest BCUT2D eigenvalue weighted by atomic mass is 16.5. The van der Waals surface area contributed by atoms with Gasteiger partial charge >= 0.3 is 0 Å². The fourth-order valence-electron chi connectivity index (χ4n) is 2.74. The first-order chi connectivity index (χ1) is 6.75. The van der Waals surface area contributed by atoms with Gasteiger partial charge in [-0.3, -0.25) is 4.79 Å². The van der Waals surface area contributed by atoms with E-state index in [-0.39, 0.29) is 11.2 Å². The molecule has 0 spiro atoms. The van der Waals surface area contributed by atoms with Crippen molar-refractivity contribution in [1.29, 1.82) is 0 Å². The molecule has 0 amide bonds. The first kappa shape index (κ1) is 12.5. The van der Waals surface area contributed by atoms with E-state index in [1.54, 1.807) is 0 Å². The molecule has 0 aromatic carbocycles. The Balaban J connectivity index is 0.000000245. The van der Waals surface area contributed by atoms with Crippen LogP contribution in [0.15, 0.2) is 0 Å². The Kier molecular flexibility index (Phi) is 3.44. The normalized spacial score (nSPS) is 36.7. The molecule has 3 heteroatoms. The van der Waals surface area contributed by atoms with Crippen molar-refractivity contribution in [2.75, 3.05) is 0 Å². The van der Waals surface area contributed by atoms with Crippen LogP contribution in [0.25, 0.3) is 0 Å². The van der Waals surface area contributed by atoms with Crippen LogP contribution in [-0.2, 0) is 9.53 Å². The van der Waals surface area contributed by atoms with E-state index >= 15 is 0 Å². The maximum Gasteiger partial charge on any atom is 0.300 e. The van der Waals surface area contributed by atoms with Crippen molar-refractivity contribution in [2.24, 2.45) is 5.92 Å². The molecule has 3 nitrogen and oxygen atoms in total. The highest BCUT2D eigenvalue weighted by Crippen LogP contribution is 2.49. The number of carbonyl (C=O) groups is 1. The zero-order chi connectivity index (χ0) is 11.7. The van der Waals surface area contributed by atoms with Crippen molar-refractivity contribution >= 4 is 5.97 Å². The fraction of sp³-hybridized carbons (Fsp3) is 0.917. The van der Waals surface area contributed by atoms with Gasteiger partial charge < -0.3 is 9.84 Å². The van der Waals surface area contributed by atoms with E-state index in [0.29, 0.717) is 0 Å². The Morgan fingerprint density at radius 2 is 1.67 bits per heavy atom. The second-order valence-electron chi connectivity index (χ2n) is 5.45. The second kappa shape index (κ2) is 4.12. The molecule has 15 heavy (non-hydrogen) atoms. The number of fused-ring (bicyclic) bond motifs is 3. The van der Waals surface area contributed by atoms with Crippen LogP contribution in [0.2, 0.25) is 0 Å². The Hall–Kier alpha value is -0.570. The quantitative estimate of drug-likeness (QED) is 0.674. The van der Waals surface area contributed by atoms with Gasteiger partial charge in [0.05, 0.1) is 11.2 Å². The lowest BCUT2D eigenvalue weighted by atomic mass is 9.69. The van der Waals surface area contributed by atoms with Crippen molar-refractivity contribution in [3.05, 3.63) is 0 Å². The third-order valence-corrected chi connectivity index (χ3v) is 3.54. The van der Waals surface area contributed by atoms with Gasteiger partial charge in [-0.05, 0) is 52.4 Å². The molecular formula is C12H22O3. The molecule has 1 aliphatic carbocycles. The average molecular weight is 214 g/mol. The minimum Gasteiger partial charge on any atom is -0.481 e. The lowest BCUT2D eigenvalue weighted by Crippen LogP contribution is -2.53. The van der Waals surface area contributed by atoms with E-state index in [2.05, 4.69) is 20.8 Å². The van der Waals surface area contributed by atoms with Gasteiger partial charge in [-0.25, -0.2) is 0 Å². The van der Waals surface area contributed by atoms with Gasteiger partial charge in [0, 0.05) is 6.92 Å². The average Bonchev–Trinajstić information content (AvgIpc) is 1.99. The Morgan fingerprint density at radius 1 is 1.27 bits per heavy atom. The number of carboxylic acids is 1. The lowest BCUT2D eigenvalue weighted by molar-refractivity contribution is -0.229. The Labute approximate surface area is 91.8 Å². The Bertz CT molecular complexity index is 230. The summed E-state index contributed by atoms with van der Waals surface area (Å²) >= 11 is 0. The minimum atomic E-state index is -0.833. The molecule has 0 aromatic rings. The van der Waals surface area contributed by atoms with Crippen LogP contribution in [-0.4, -0.2) is 22.3 Å². The van der Waals surface area contributed by atoms with E-state index in [4.69, 9.17) is 14.6 Å². The van der Waals surface area contributed by atoms with Gasteiger partial charge in [0.25, 0.3) is 5.97 Å². The zero-order valence-electron chi connectivity index (χ0n) is 10.2. The van der Waals surface area contributed by atoms with Gasteiger partial charge in [-0.15, -0.1) is 0 Å². The predicted molar refractivity (Wildman–Crippen MR) is 58.8 cm³/mol. The molecule has 0 aromatic heterocycles. The summed E-state index contributed by atoms with van der Waals surface area (Å²) in [5.74, 6) is -0.00988. The van der Waals surface area contributed by atoms with Gasteiger partial charge in [0.1, 0.15) is 0 Å². The van der Waals surface area contributed by atoms with Crippen LogP contribution >= 0.6 is 0 Å². The number of rotatable bonds is 0. The van der Waals surface area contributed by atoms with Crippen molar-refractivity contribution in [3.63, 3.8) is 0 Å². The van der Waals surface area contributed by atoms with Crippen LogP contribution in [0.3, 0.4) is 0 Å². The molecule has 2 aliphatic heterocycles. The second-order valence-corrected chi connectivity index (χ2v) is 5.45. The molecule has 0 unspecified atom stereocenters. The summed E-state index contributed by atoms with van der Waals surface area (Å²) in [6.45, 7) is 7.84. The van der Waals surface area contributed by atoms with E-state index in [0.717, 1.165) is 12.8 Å². The third kappa shape index (κ3) is 3.20. The number of aliphatic carboxylic acids is 1. The highest BCUT2D eigenvalue weighted by Gasteiger charge is 2.47. The topological polar surface area (TPSA) is 46.5 Å². The minimum absolute atomic E-state index is 0.158. The van der Waals surface area contributed by atoms with E-state index in [9.17, 15) is 0 Å². The number of carboxylic acid groups (broad SMARTS) is 1. The molecule has 0 atom stereocenters. The van der Waals surface area contributed by atoms with Crippen molar-refractivity contribution < 1.29 is 14.6 Å². The molecule has 2 saturated heterocycles. The van der Waals surface area contributed by atoms with Gasteiger partial charge in [-0.1, -0.05) is 0 Å². The summed E-state index contributed by atoms with van der Waals surface area (Å²) in [6, 6.07) is 0. The molecule has 2 heterocycles. The summed E-state index contributed by atoms with van der Waals surface area (Å²) in [5.41, 5.74) is 0.378. The summed E-state index contributed by atoms with van der Waals surface area (Å²) in [6.07, 6.45) is 5.31. The van der Waals surface area contributed by atoms with Crippen molar-refractivity contribution in [1.82, 2.24) is 0 Å². The standard InChI is InChI=1S/C10H18O.C2H4O2/c1-9(2)8-4-6-10(3,11-9)7-5-8;1-2(3)4/h8H,4-7H2,1-3H3;1H3,(H,3,4). The summed E-state index contributed by atoms with van der Waals surface area (Å²) in [7, 11) is 0. The van der Waals surface area contributed by atoms with E-state index in [1.165, 1.54) is 25.7 Å². The monoisotopic (exact) mass is 214 g/mol. The first-order valence-corrected chi connectivity index (χ1v) is 5.65. The molecular weight excluding hydrogens is 192 g/mol. The molecule has 3 fully saturated rings. The molecule has 1 N–H and O–H groups in total. The lowest BCUT2D eigenvalue weighted by Gasteiger charge is -2.54. The maximum absolute atomic E-state index is 9.00. The smallest absolute Gasteiger partial charge is 0.300 e. The van der Waals surface area contributed by atoms with Gasteiger partial charge in [-0.2, -0.15) is 0 Å². The van der Waals surface area contributed by atoms with Crippen LogP contribution in [0.5, 0.6) is 0 Å². The third-order valence-electron chi connectivity index (χ3n) is 3.54. The van der Waals surface area contributed by atoms with Gasteiger partial charge in [0.2, 0.25) is 0 Å². The molecule has 2 bridgehead atoms. The molecule has 3 rings (SSSR count). The predicted octanol–water partition coefficient (Wildman–Crippen LogP) is 2.84. The van der Waals surface area contributed by atoms with Crippen molar-refractivity contribution in [3.8, 4) is 0 Å². The maximum atomic E-state index is 9.00. The number of ether oxygens (including phenoxy) is 1. The van der Waals surface area contributed by atoms with E-state index < -0.39 is 5.97 Å². The van der Waals surface area contributed by atoms with Crippen LogP contribution in [0, 0.1) is 5.92 Å². The molecule has 3 aliphatic rings. The SMILES string of the molecule is CC(=O)O.CC12CCC(CC1)C(C)(C)O2. The molecule has 0 radical (unpaired) electrons. The highest BCUT2D eigenvalue weighted by molar-refractivity contribution is 5.62. The number of hydrogen-bond donors (Lipinski definition) is 1. The summed E-state index contributed by atoms with van der Waals surface area (Å²) in [4.78, 5) is 9.00. The van der Waals surface area contributed by atoms with Gasteiger partial charge in [0.15, 0.2) is 0 Å². The number of hydrogen-bond acceptors (Lipinski definition) is 2. The van der Waals surface area contributed by atoms with Crippen LogP contribution in [0.4, 0.5) is 0 Å². The molecule has 1 saturated carbocycles. The fourth-order valence-corrected chi connectivity index (χ4v) is 2.74. The van der Waals surface area contributed by atoms with E-state index in [1.807, 2.05) is 0 Å². The molecule has 88 valence electrons. The summed E-state index contributed by atoms with van der Waals surface area (Å²) in [5, 5.41) is 7.42. The first-order valence-electron chi connectivity index (χ1n) is 5.65. The van der Waals surface area contributed by atoms with Crippen molar-refractivity contribution in [2.45, 2.75) is 64.6 Å².